The predicted molar refractivity (Wildman–Crippen MR) is 71.3 cm³/mol. The highest BCUT2D eigenvalue weighted by atomic mass is 16.4. The normalized spacial score (nSPS) is 13.6. The van der Waals surface area contributed by atoms with Crippen LogP contribution in [-0.4, -0.2) is 11.1 Å². The van der Waals surface area contributed by atoms with E-state index in [-0.39, 0.29) is 0 Å². The summed E-state index contributed by atoms with van der Waals surface area (Å²) in [6.45, 7) is 0. The number of rotatable bonds is 1. The van der Waals surface area contributed by atoms with Crippen molar-refractivity contribution >= 4 is 18.1 Å². The average molecular weight is 236 g/mol. The molecule has 0 amide bonds. The van der Waals surface area contributed by atoms with Crippen molar-refractivity contribution in [2.75, 3.05) is 0 Å². The number of carbonyl (C=O) groups is 1. The minimum Gasteiger partial charge on any atom is -0.481 e. The van der Waals surface area contributed by atoms with Gasteiger partial charge in [0.1, 0.15) is 5.92 Å². The van der Waals surface area contributed by atoms with E-state index in [2.05, 4.69) is 0 Å². The monoisotopic (exact) mass is 236 g/mol. The summed E-state index contributed by atoms with van der Waals surface area (Å²) in [7, 11) is 0. The topological polar surface area (TPSA) is 37.3 Å². The van der Waals surface area contributed by atoms with Crippen LogP contribution in [0.1, 0.15) is 28.2 Å². The highest BCUT2D eigenvalue weighted by Gasteiger charge is 2.26. The molecule has 0 spiro atoms. The van der Waals surface area contributed by atoms with Crippen LogP contribution in [-0.2, 0) is 4.79 Å². The Morgan fingerprint density at radius 1 is 0.833 bits per heavy atom. The van der Waals surface area contributed by atoms with Gasteiger partial charge in [-0.15, -0.1) is 0 Å². The molecule has 0 saturated carbocycles. The molecule has 0 heterocycles. The van der Waals surface area contributed by atoms with Gasteiger partial charge in [-0.2, -0.15) is 0 Å². The van der Waals surface area contributed by atoms with Gasteiger partial charge in [-0.1, -0.05) is 60.7 Å². The van der Waals surface area contributed by atoms with Crippen LogP contribution >= 0.6 is 0 Å². The second-order valence-electron chi connectivity index (χ2n) is 4.36. The number of aliphatic carboxylic acids is 1. The van der Waals surface area contributed by atoms with Crippen molar-refractivity contribution in [3.05, 3.63) is 70.8 Å². The predicted octanol–water partition coefficient (Wildman–Crippen LogP) is 3.39. The fraction of sp³-hybridized carbons (Fsp3) is 0.0625. The Labute approximate surface area is 105 Å². The lowest BCUT2D eigenvalue weighted by molar-refractivity contribution is -0.137. The van der Waals surface area contributed by atoms with Gasteiger partial charge in [0.05, 0.1) is 0 Å². The van der Waals surface area contributed by atoms with E-state index < -0.39 is 11.9 Å². The molecule has 1 aliphatic carbocycles. The second kappa shape index (κ2) is 4.15. The zero-order chi connectivity index (χ0) is 12.5. The third kappa shape index (κ3) is 1.63. The number of hydrogen-bond donors (Lipinski definition) is 1. The zero-order valence-corrected chi connectivity index (χ0v) is 9.71. The molecule has 88 valence electrons. The molecule has 0 aliphatic heterocycles. The van der Waals surface area contributed by atoms with E-state index in [0.717, 1.165) is 22.3 Å². The summed E-state index contributed by atoms with van der Waals surface area (Å²) in [5.74, 6) is -1.40. The standard InChI is InChI=1S/C16H12O2/c17-16(18)15-13-7-3-1-5-11(13)9-10-12-6-2-4-8-14(12)15/h1-10,15H,(H,17,18). The van der Waals surface area contributed by atoms with E-state index >= 15 is 0 Å². The molecule has 2 aromatic rings. The van der Waals surface area contributed by atoms with Crippen molar-refractivity contribution in [3.8, 4) is 0 Å². The maximum atomic E-state index is 11.6. The summed E-state index contributed by atoms with van der Waals surface area (Å²) in [6.07, 6.45) is 3.97. The van der Waals surface area contributed by atoms with Gasteiger partial charge in [0.25, 0.3) is 0 Å². The van der Waals surface area contributed by atoms with E-state index in [9.17, 15) is 9.90 Å². The molecule has 0 atom stereocenters. The lowest BCUT2D eigenvalue weighted by Gasteiger charge is -2.15. The molecule has 1 N–H and O–H groups in total. The van der Waals surface area contributed by atoms with Crippen LogP contribution < -0.4 is 0 Å². The van der Waals surface area contributed by atoms with Crippen LogP contribution in [0, 0.1) is 0 Å². The van der Waals surface area contributed by atoms with Crippen LogP contribution in [0.15, 0.2) is 48.5 Å². The third-order valence-electron chi connectivity index (χ3n) is 3.30. The third-order valence-corrected chi connectivity index (χ3v) is 3.30. The summed E-state index contributed by atoms with van der Waals surface area (Å²) in [5, 5.41) is 9.53. The van der Waals surface area contributed by atoms with Crippen molar-refractivity contribution in [1.29, 1.82) is 0 Å². The van der Waals surface area contributed by atoms with Crippen molar-refractivity contribution in [1.82, 2.24) is 0 Å². The van der Waals surface area contributed by atoms with Crippen LogP contribution in [0.5, 0.6) is 0 Å². The first-order valence-corrected chi connectivity index (χ1v) is 5.86. The fourth-order valence-corrected chi connectivity index (χ4v) is 2.46. The van der Waals surface area contributed by atoms with Gasteiger partial charge in [0.15, 0.2) is 0 Å². The fourth-order valence-electron chi connectivity index (χ4n) is 2.46. The lowest BCUT2D eigenvalue weighted by Crippen LogP contribution is -2.14. The largest absolute Gasteiger partial charge is 0.481 e. The van der Waals surface area contributed by atoms with E-state index in [0.29, 0.717) is 0 Å². The number of hydrogen-bond acceptors (Lipinski definition) is 1. The first-order chi connectivity index (χ1) is 8.77. The number of fused-ring (bicyclic) bond motifs is 2. The van der Waals surface area contributed by atoms with Crippen molar-refractivity contribution in [2.24, 2.45) is 0 Å². The minimum absolute atomic E-state index is 0.590. The Bertz CT molecular complexity index is 592. The zero-order valence-electron chi connectivity index (χ0n) is 9.71. The van der Waals surface area contributed by atoms with Gasteiger partial charge in [-0.05, 0) is 22.3 Å². The van der Waals surface area contributed by atoms with E-state index in [4.69, 9.17) is 0 Å². The quantitative estimate of drug-likeness (QED) is 0.824. The molecule has 18 heavy (non-hydrogen) atoms. The van der Waals surface area contributed by atoms with Crippen LogP contribution in [0.2, 0.25) is 0 Å². The molecular weight excluding hydrogens is 224 g/mol. The van der Waals surface area contributed by atoms with Crippen LogP contribution in [0.25, 0.3) is 12.2 Å². The SMILES string of the molecule is O=C(O)C1c2ccccc2C=Cc2ccccc21. The number of benzene rings is 2. The van der Waals surface area contributed by atoms with Gasteiger partial charge in [-0.25, -0.2) is 0 Å². The van der Waals surface area contributed by atoms with Gasteiger partial charge < -0.3 is 5.11 Å². The Hall–Kier alpha value is -2.35. The maximum Gasteiger partial charge on any atom is 0.315 e. The minimum atomic E-state index is -0.807. The Balaban J connectivity index is 2.31. The summed E-state index contributed by atoms with van der Waals surface area (Å²) in [4.78, 5) is 11.6. The summed E-state index contributed by atoms with van der Waals surface area (Å²) in [5.41, 5.74) is 3.65. The summed E-state index contributed by atoms with van der Waals surface area (Å²) >= 11 is 0. The molecule has 0 bridgehead atoms. The highest BCUT2D eigenvalue weighted by Crippen LogP contribution is 2.34. The smallest absolute Gasteiger partial charge is 0.315 e. The van der Waals surface area contributed by atoms with E-state index in [1.807, 2.05) is 60.7 Å². The molecule has 0 unspecified atom stereocenters. The van der Waals surface area contributed by atoms with Crippen molar-refractivity contribution in [2.45, 2.75) is 5.92 Å². The molecule has 2 nitrogen and oxygen atoms in total. The molecule has 2 aromatic carbocycles. The van der Waals surface area contributed by atoms with Crippen LogP contribution in [0.3, 0.4) is 0 Å². The Morgan fingerprint density at radius 3 is 1.72 bits per heavy atom. The van der Waals surface area contributed by atoms with Crippen molar-refractivity contribution in [3.63, 3.8) is 0 Å². The first-order valence-electron chi connectivity index (χ1n) is 5.86. The molecule has 2 heteroatoms. The van der Waals surface area contributed by atoms with Gasteiger partial charge >= 0.3 is 5.97 Å². The molecule has 0 fully saturated rings. The highest BCUT2D eigenvalue weighted by molar-refractivity contribution is 5.88. The number of carboxylic acids is 1. The molecule has 0 saturated heterocycles. The summed E-state index contributed by atoms with van der Waals surface area (Å²) < 4.78 is 0. The average Bonchev–Trinajstić information content (AvgIpc) is 2.55. The molecule has 0 radical (unpaired) electrons. The van der Waals surface area contributed by atoms with Crippen molar-refractivity contribution < 1.29 is 9.90 Å². The van der Waals surface area contributed by atoms with E-state index in [1.54, 1.807) is 0 Å². The number of carboxylic acid groups (broad SMARTS) is 1. The van der Waals surface area contributed by atoms with Gasteiger partial charge in [0, 0.05) is 0 Å². The van der Waals surface area contributed by atoms with Gasteiger partial charge in [-0.3, -0.25) is 4.79 Å². The first kappa shape index (κ1) is 10.8. The molecule has 0 aromatic heterocycles. The second-order valence-corrected chi connectivity index (χ2v) is 4.36. The molecular formula is C16H12O2. The summed E-state index contributed by atoms with van der Waals surface area (Å²) in [6, 6.07) is 15.3. The lowest BCUT2D eigenvalue weighted by atomic mass is 9.88. The molecule has 1 aliphatic rings. The van der Waals surface area contributed by atoms with E-state index in [1.165, 1.54) is 0 Å². The Morgan fingerprint density at radius 2 is 1.28 bits per heavy atom. The van der Waals surface area contributed by atoms with Gasteiger partial charge in [0.2, 0.25) is 0 Å². The Kier molecular flexibility index (Phi) is 2.49. The maximum absolute atomic E-state index is 11.6. The van der Waals surface area contributed by atoms with Crippen LogP contribution in [0.4, 0.5) is 0 Å². The molecule has 3 rings (SSSR count).